The molecule has 1 saturated heterocycles. The molecule has 0 unspecified atom stereocenters. The van der Waals surface area contributed by atoms with Crippen LogP contribution in [-0.4, -0.2) is 36.6 Å². The number of rotatable bonds is 4. The van der Waals surface area contributed by atoms with Crippen molar-refractivity contribution in [2.24, 2.45) is 0 Å². The van der Waals surface area contributed by atoms with Crippen LogP contribution in [0.15, 0.2) is 36.4 Å². The van der Waals surface area contributed by atoms with Gasteiger partial charge in [-0.3, -0.25) is 14.5 Å². The third-order valence-electron chi connectivity index (χ3n) is 5.36. The highest BCUT2D eigenvalue weighted by molar-refractivity contribution is 7.81. The Balaban J connectivity index is 2.11. The molecule has 2 aromatic carbocycles. The third-order valence-corrected chi connectivity index (χ3v) is 5.72. The molecule has 3 rings (SSSR count). The summed E-state index contributed by atoms with van der Waals surface area (Å²) in [4.78, 5) is 27.9. The van der Waals surface area contributed by atoms with Crippen molar-refractivity contribution in [2.45, 2.75) is 25.6 Å². The van der Waals surface area contributed by atoms with Gasteiger partial charge in [0.05, 0.1) is 28.4 Å². The quantitative estimate of drug-likeness (QED) is 0.653. The van der Waals surface area contributed by atoms with E-state index in [9.17, 15) is 22.8 Å². The van der Waals surface area contributed by atoms with Gasteiger partial charge < -0.3 is 15.5 Å². The van der Waals surface area contributed by atoms with E-state index in [1.165, 1.54) is 24.1 Å². The summed E-state index contributed by atoms with van der Waals surface area (Å²) in [5.41, 5.74) is -1.70. The van der Waals surface area contributed by atoms with Crippen molar-refractivity contribution in [3.8, 4) is 6.07 Å². The molecule has 2 N–H and O–H groups in total. The van der Waals surface area contributed by atoms with Gasteiger partial charge in [-0.1, -0.05) is 0 Å². The Bertz CT molecular complexity index is 1200. The first-order chi connectivity index (χ1) is 15.4. The minimum atomic E-state index is -4.78. The van der Waals surface area contributed by atoms with Crippen molar-refractivity contribution in [2.75, 3.05) is 29.2 Å². The highest BCUT2D eigenvalue weighted by Crippen LogP contribution is 2.40. The van der Waals surface area contributed by atoms with Gasteiger partial charge in [0, 0.05) is 25.5 Å². The Hall–Kier alpha value is -3.65. The van der Waals surface area contributed by atoms with Crippen LogP contribution in [-0.2, 0) is 11.0 Å². The van der Waals surface area contributed by atoms with Gasteiger partial charge in [-0.25, -0.2) is 0 Å². The van der Waals surface area contributed by atoms with Gasteiger partial charge in [0.25, 0.3) is 11.8 Å². The number of nitrogens with zero attached hydrogens (tertiary/aromatic N) is 3. The lowest BCUT2D eigenvalue weighted by Crippen LogP contribution is -2.44. The number of hydrogen-bond acceptors (Lipinski definition) is 5. The van der Waals surface area contributed by atoms with E-state index in [1.54, 1.807) is 39.1 Å². The molecule has 1 aliphatic rings. The van der Waals surface area contributed by atoms with Crippen LogP contribution in [0.2, 0.25) is 0 Å². The van der Waals surface area contributed by atoms with Gasteiger partial charge >= 0.3 is 6.18 Å². The largest absolute Gasteiger partial charge is 0.417 e. The maximum absolute atomic E-state index is 13.5. The zero-order chi connectivity index (χ0) is 24.7. The van der Waals surface area contributed by atoms with Crippen LogP contribution in [0, 0.1) is 11.3 Å². The van der Waals surface area contributed by atoms with Crippen LogP contribution in [0.25, 0.3) is 0 Å². The van der Waals surface area contributed by atoms with Gasteiger partial charge in [-0.15, -0.1) is 0 Å². The van der Waals surface area contributed by atoms with E-state index in [1.807, 2.05) is 0 Å². The van der Waals surface area contributed by atoms with Crippen LogP contribution in [0.1, 0.15) is 35.3 Å². The van der Waals surface area contributed by atoms with Crippen LogP contribution >= 0.6 is 12.2 Å². The van der Waals surface area contributed by atoms with Crippen molar-refractivity contribution in [1.82, 2.24) is 5.32 Å². The molecule has 0 spiro atoms. The summed E-state index contributed by atoms with van der Waals surface area (Å²) in [6.45, 7) is 3.20. The van der Waals surface area contributed by atoms with E-state index in [0.717, 1.165) is 17.0 Å². The normalized spacial score (nSPS) is 15.5. The second-order valence-corrected chi connectivity index (χ2v) is 8.08. The standard InChI is InChI=1S/C22H20F3N5O2S/c1-21(2)19(32)29(13-6-5-12(11-26)16(9-13)22(23,24)25)20(33)30(21)14-7-8-15(18(31)28-4)17(10-14)27-3/h5-10,27H,1-4H3,(H,28,31). The summed E-state index contributed by atoms with van der Waals surface area (Å²) < 4.78 is 40.4. The van der Waals surface area contributed by atoms with Crippen LogP contribution in [0.5, 0.6) is 0 Å². The van der Waals surface area contributed by atoms with Gasteiger partial charge in [-0.05, 0) is 62.5 Å². The first-order valence-corrected chi connectivity index (χ1v) is 10.1. The Morgan fingerprint density at radius 1 is 1.12 bits per heavy atom. The molecule has 1 fully saturated rings. The number of anilines is 3. The lowest BCUT2D eigenvalue weighted by Gasteiger charge is -2.30. The topological polar surface area (TPSA) is 88.5 Å². The summed E-state index contributed by atoms with van der Waals surface area (Å²) in [7, 11) is 3.13. The maximum Gasteiger partial charge on any atom is 0.417 e. The van der Waals surface area contributed by atoms with Crippen molar-refractivity contribution in [3.63, 3.8) is 0 Å². The number of halogens is 3. The smallest absolute Gasteiger partial charge is 0.387 e. The molecule has 0 saturated carbocycles. The maximum atomic E-state index is 13.5. The Labute approximate surface area is 193 Å². The fourth-order valence-corrected chi connectivity index (χ4v) is 4.19. The molecule has 172 valence electrons. The monoisotopic (exact) mass is 475 g/mol. The SMILES string of the molecule is CNC(=O)c1ccc(N2C(=S)N(c3ccc(C#N)c(C(F)(F)F)c3)C(=O)C2(C)C)cc1NC. The summed E-state index contributed by atoms with van der Waals surface area (Å²) in [6.07, 6.45) is -4.78. The second kappa shape index (κ2) is 8.37. The minimum Gasteiger partial charge on any atom is -0.387 e. The van der Waals surface area contributed by atoms with E-state index in [2.05, 4.69) is 10.6 Å². The molecule has 11 heteroatoms. The number of amides is 2. The number of nitriles is 1. The molecule has 1 aliphatic heterocycles. The number of benzene rings is 2. The Morgan fingerprint density at radius 3 is 2.30 bits per heavy atom. The molecule has 7 nitrogen and oxygen atoms in total. The van der Waals surface area contributed by atoms with Crippen molar-refractivity contribution in [3.05, 3.63) is 53.1 Å². The number of thiocarbonyl (C=S) groups is 1. The fraction of sp³-hybridized carbons (Fsp3) is 0.273. The van der Waals surface area contributed by atoms with Crippen LogP contribution < -0.4 is 20.4 Å². The van der Waals surface area contributed by atoms with Crippen LogP contribution in [0.4, 0.5) is 30.2 Å². The predicted octanol–water partition coefficient (Wildman–Crippen LogP) is 3.90. The Morgan fingerprint density at radius 2 is 1.76 bits per heavy atom. The molecule has 0 bridgehead atoms. The zero-order valence-electron chi connectivity index (χ0n) is 18.2. The highest BCUT2D eigenvalue weighted by atomic mass is 32.1. The molecule has 2 amide bonds. The molecule has 2 aromatic rings. The second-order valence-electron chi connectivity index (χ2n) is 7.72. The van der Waals surface area contributed by atoms with Gasteiger partial charge in [0.1, 0.15) is 5.54 Å². The zero-order valence-corrected chi connectivity index (χ0v) is 19.0. The third kappa shape index (κ3) is 3.98. The summed E-state index contributed by atoms with van der Waals surface area (Å²) in [5.74, 6) is -0.851. The lowest BCUT2D eigenvalue weighted by atomic mass is 10.0. The van der Waals surface area contributed by atoms with Crippen LogP contribution in [0.3, 0.4) is 0 Å². The van der Waals surface area contributed by atoms with E-state index in [4.69, 9.17) is 17.5 Å². The first kappa shape index (κ1) is 24.0. The number of carbonyl (C=O) groups is 2. The Kier molecular flexibility index (Phi) is 6.08. The molecule has 33 heavy (non-hydrogen) atoms. The molecule has 0 radical (unpaired) electrons. The molecule has 0 aromatic heterocycles. The average Bonchev–Trinajstić information content (AvgIpc) is 2.95. The average molecular weight is 475 g/mol. The molecule has 1 heterocycles. The molecule has 0 aliphatic carbocycles. The van der Waals surface area contributed by atoms with E-state index >= 15 is 0 Å². The first-order valence-electron chi connectivity index (χ1n) is 9.72. The molecular weight excluding hydrogens is 455 g/mol. The van der Waals surface area contributed by atoms with E-state index in [-0.39, 0.29) is 16.7 Å². The summed E-state index contributed by atoms with van der Waals surface area (Å²) in [5, 5.41) is 14.5. The predicted molar refractivity (Wildman–Crippen MR) is 122 cm³/mol. The van der Waals surface area contributed by atoms with E-state index < -0.39 is 28.7 Å². The van der Waals surface area contributed by atoms with Gasteiger partial charge in [-0.2, -0.15) is 18.4 Å². The highest BCUT2D eigenvalue weighted by Gasteiger charge is 2.50. The molecule has 0 atom stereocenters. The number of carbonyl (C=O) groups excluding carboxylic acids is 2. The lowest BCUT2D eigenvalue weighted by molar-refractivity contribution is -0.137. The van der Waals surface area contributed by atoms with Crippen molar-refractivity contribution < 1.29 is 22.8 Å². The van der Waals surface area contributed by atoms with Gasteiger partial charge in [0.2, 0.25) is 0 Å². The number of hydrogen-bond donors (Lipinski definition) is 2. The van der Waals surface area contributed by atoms with Crippen molar-refractivity contribution in [1.29, 1.82) is 5.26 Å². The fourth-order valence-electron chi connectivity index (χ4n) is 3.67. The van der Waals surface area contributed by atoms with E-state index in [0.29, 0.717) is 16.9 Å². The molecular formula is C22H20F3N5O2S. The number of alkyl halides is 3. The minimum absolute atomic E-state index is 0.0300. The van der Waals surface area contributed by atoms with Crippen molar-refractivity contribution >= 4 is 46.2 Å². The summed E-state index contributed by atoms with van der Waals surface area (Å²) >= 11 is 5.52. The summed E-state index contributed by atoms with van der Waals surface area (Å²) in [6, 6.07) is 9.34. The van der Waals surface area contributed by atoms with Gasteiger partial charge in [0.15, 0.2) is 5.11 Å². The number of nitrogens with one attached hydrogen (secondary N) is 2.